The van der Waals surface area contributed by atoms with Crippen LogP contribution in [0.4, 0.5) is 4.39 Å². The smallest absolute Gasteiger partial charge is 0.102 e. The van der Waals surface area contributed by atoms with Gasteiger partial charge in [0.2, 0.25) is 0 Å². The van der Waals surface area contributed by atoms with Crippen LogP contribution in [0.5, 0.6) is 0 Å². The van der Waals surface area contributed by atoms with Crippen LogP contribution in [0.15, 0.2) is 0 Å². The third-order valence-corrected chi connectivity index (χ3v) is 3.08. The second-order valence-electron chi connectivity index (χ2n) is 3.84. The van der Waals surface area contributed by atoms with Crippen molar-refractivity contribution >= 4 is 0 Å². The zero-order chi connectivity index (χ0) is 9.68. The predicted octanol–water partition coefficient (Wildman–Crippen LogP) is 1.37. The molecule has 2 nitrogen and oxygen atoms in total. The van der Waals surface area contributed by atoms with Gasteiger partial charge in [-0.15, -0.1) is 0 Å². The molecule has 1 aliphatic heterocycles. The molecule has 0 radical (unpaired) electrons. The number of hydrogen-bond acceptors (Lipinski definition) is 2. The van der Waals surface area contributed by atoms with E-state index < -0.39 is 0 Å². The van der Waals surface area contributed by atoms with Crippen LogP contribution in [-0.2, 0) is 0 Å². The maximum atomic E-state index is 12.0. The number of halogens is 1. The van der Waals surface area contributed by atoms with E-state index >= 15 is 0 Å². The molecule has 1 saturated heterocycles. The highest BCUT2D eigenvalue weighted by atomic mass is 19.1. The summed E-state index contributed by atoms with van der Waals surface area (Å²) in [6.45, 7) is 5.87. The van der Waals surface area contributed by atoms with Crippen LogP contribution in [0.2, 0.25) is 0 Å². The molecule has 1 heterocycles. The van der Waals surface area contributed by atoms with Gasteiger partial charge in [-0.3, -0.25) is 0 Å². The van der Waals surface area contributed by atoms with Crippen molar-refractivity contribution in [3.63, 3.8) is 0 Å². The van der Waals surface area contributed by atoms with Crippen molar-refractivity contribution in [1.29, 1.82) is 0 Å². The van der Waals surface area contributed by atoms with Gasteiger partial charge in [0, 0.05) is 12.6 Å². The van der Waals surface area contributed by atoms with E-state index in [1.165, 1.54) is 12.8 Å². The van der Waals surface area contributed by atoms with Gasteiger partial charge >= 0.3 is 0 Å². The maximum absolute atomic E-state index is 12.0. The Morgan fingerprint density at radius 3 is 2.46 bits per heavy atom. The molecule has 1 aliphatic rings. The molecule has 0 aromatic carbocycles. The molecule has 0 spiro atoms. The van der Waals surface area contributed by atoms with Gasteiger partial charge in [-0.05, 0) is 39.5 Å². The van der Waals surface area contributed by atoms with E-state index in [1.54, 1.807) is 0 Å². The molecule has 0 saturated carbocycles. The molecule has 78 valence electrons. The topological polar surface area (TPSA) is 6.48 Å². The number of hydrogen-bond donors (Lipinski definition) is 0. The molecule has 0 N–H and O–H groups in total. The maximum Gasteiger partial charge on any atom is 0.102 e. The Labute approximate surface area is 80.7 Å². The number of rotatable bonds is 4. The number of alkyl halides is 1. The molecule has 3 heteroatoms. The highest BCUT2D eigenvalue weighted by Crippen LogP contribution is 2.14. The summed E-state index contributed by atoms with van der Waals surface area (Å²) in [4.78, 5) is 4.62. The van der Waals surface area contributed by atoms with Crippen molar-refractivity contribution in [2.75, 3.05) is 39.9 Å². The Balaban J connectivity index is 2.22. The summed E-state index contributed by atoms with van der Waals surface area (Å²) in [6.07, 6.45) is 2.40. The fourth-order valence-corrected chi connectivity index (χ4v) is 1.96. The molecule has 0 aliphatic carbocycles. The molecule has 1 fully saturated rings. The van der Waals surface area contributed by atoms with Crippen LogP contribution >= 0.6 is 0 Å². The zero-order valence-electron chi connectivity index (χ0n) is 8.80. The summed E-state index contributed by atoms with van der Waals surface area (Å²) in [5.41, 5.74) is 0. The van der Waals surface area contributed by atoms with Gasteiger partial charge in [0.1, 0.15) is 6.67 Å². The minimum absolute atomic E-state index is 0.200. The standard InChI is InChI=1S/C10H21FN2/c1-3-12(2)10-4-7-13(8-5-10)9-6-11/h10H,3-9H2,1-2H3. The molecule has 0 atom stereocenters. The second kappa shape index (κ2) is 5.55. The van der Waals surface area contributed by atoms with E-state index in [9.17, 15) is 4.39 Å². The molecule has 0 amide bonds. The Bertz CT molecular complexity index is 133. The molecule has 1 rings (SSSR count). The third-order valence-electron chi connectivity index (χ3n) is 3.08. The summed E-state index contributed by atoms with van der Waals surface area (Å²) >= 11 is 0. The largest absolute Gasteiger partial charge is 0.304 e. The zero-order valence-corrected chi connectivity index (χ0v) is 8.80. The monoisotopic (exact) mass is 188 g/mol. The van der Waals surface area contributed by atoms with Gasteiger partial charge in [-0.2, -0.15) is 0 Å². The molecule has 0 aromatic heterocycles. The number of likely N-dealkylation sites (tertiary alicyclic amines) is 1. The van der Waals surface area contributed by atoms with Gasteiger partial charge in [0.15, 0.2) is 0 Å². The van der Waals surface area contributed by atoms with E-state index in [0.29, 0.717) is 6.54 Å². The normalized spacial score (nSPS) is 21.2. The third kappa shape index (κ3) is 3.24. The average Bonchev–Trinajstić information content (AvgIpc) is 2.18. The quantitative estimate of drug-likeness (QED) is 0.657. The lowest BCUT2D eigenvalue weighted by Gasteiger charge is -2.35. The summed E-state index contributed by atoms with van der Waals surface area (Å²) < 4.78 is 12.0. The average molecular weight is 188 g/mol. The van der Waals surface area contributed by atoms with E-state index in [-0.39, 0.29) is 6.67 Å². The fraction of sp³-hybridized carbons (Fsp3) is 1.00. The highest BCUT2D eigenvalue weighted by molar-refractivity contribution is 4.77. The predicted molar refractivity (Wildman–Crippen MR) is 53.7 cm³/mol. The van der Waals surface area contributed by atoms with Crippen molar-refractivity contribution < 1.29 is 4.39 Å². The summed E-state index contributed by atoms with van der Waals surface area (Å²) in [6, 6.07) is 0.723. The Hall–Kier alpha value is -0.150. The Morgan fingerprint density at radius 1 is 1.38 bits per heavy atom. The van der Waals surface area contributed by atoms with Crippen molar-refractivity contribution in [1.82, 2.24) is 9.80 Å². The van der Waals surface area contributed by atoms with Crippen molar-refractivity contribution in [2.45, 2.75) is 25.8 Å². The first-order chi connectivity index (χ1) is 6.27. The van der Waals surface area contributed by atoms with Crippen molar-refractivity contribution in [3.8, 4) is 0 Å². The lowest BCUT2D eigenvalue weighted by atomic mass is 10.0. The number of nitrogens with zero attached hydrogens (tertiary/aromatic N) is 2. The molecular weight excluding hydrogens is 167 g/mol. The first-order valence-electron chi connectivity index (χ1n) is 5.26. The summed E-state index contributed by atoms with van der Waals surface area (Å²) in [5, 5.41) is 0. The van der Waals surface area contributed by atoms with Crippen LogP contribution in [-0.4, -0.2) is 55.7 Å². The fourth-order valence-electron chi connectivity index (χ4n) is 1.96. The summed E-state index contributed by atoms with van der Waals surface area (Å²) in [7, 11) is 2.18. The highest BCUT2D eigenvalue weighted by Gasteiger charge is 2.20. The van der Waals surface area contributed by atoms with Gasteiger partial charge in [0.05, 0.1) is 0 Å². The lowest BCUT2D eigenvalue weighted by Crippen LogP contribution is -2.43. The van der Waals surface area contributed by atoms with Crippen molar-refractivity contribution in [3.05, 3.63) is 0 Å². The number of piperidine rings is 1. The summed E-state index contributed by atoms with van der Waals surface area (Å²) in [5.74, 6) is 0. The molecule has 0 bridgehead atoms. The van der Waals surface area contributed by atoms with E-state index in [1.807, 2.05) is 0 Å². The minimum Gasteiger partial charge on any atom is -0.304 e. The van der Waals surface area contributed by atoms with Crippen LogP contribution in [0.25, 0.3) is 0 Å². The lowest BCUT2D eigenvalue weighted by molar-refractivity contribution is 0.126. The van der Waals surface area contributed by atoms with Gasteiger partial charge in [-0.1, -0.05) is 6.92 Å². The second-order valence-corrected chi connectivity index (χ2v) is 3.84. The molecule has 0 unspecified atom stereocenters. The first-order valence-corrected chi connectivity index (χ1v) is 5.26. The Kier molecular flexibility index (Phi) is 4.67. The van der Waals surface area contributed by atoms with Crippen LogP contribution in [0.3, 0.4) is 0 Å². The van der Waals surface area contributed by atoms with Gasteiger partial charge < -0.3 is 9.80 Å². The molecule has 0 aromatic rings. The SMILES string of the molecule is CCN(C)C1CCN(CCF)CC1. The van der Waals surface area contributed by atoms with Crippen LogP contribution in [0.1, 0.15) is 19.8 Å². The minimum atomic E-state index is -0.200. The van der Waals surface area contributed by atoms with E-state index in [4.69, 9.17) is 0 Å². The van der Waals surface area contributed by atoms with Crippen LogP contribution in [0, 0.1) is 0 Å². The van der Waals surface area contributed by atoms with Gasteiger partial charge in [-0.25, -0.2) is 4.39 Å². The van der Waals surface area contributed by atoms with E-state index in [2.05, 4.69) is 23.8 Å². The van der Waals surface area contributed by atoms with Crippen molar-refractivity contribution in [2.24, 2.45) is 0 Å². The Morgan fingerprint density at radius 2 is 2.00 bits per heavy atom. The first kappa shape index (κ1) is 10.9. The van der Waals surface area contributed by atoms with Gasteiger partial charge in [0.25, 0.3) is 0 Å². The van der Waals surface area contributed by atoms with E-state index in [0.717, 1.165) is 25.7 Å². The molecular formula is C10H21FN2. The van der Waals surface area contributed by atoms with Crippen LogP contribution < -0.4 is 0 Å². The molecule has 13 heavy (non-hydrogen) atoms.